The average Bonchev–Trinajstić information content (AvgIpc) is 2.82. The molecular formula is C15H16F3NO. The van der Waals surface area contributed by atoms with Gasteiger partial charge in [0.25, 0.3) is 0 Å². The van der Waals surface area contributed by atoms with Crippen LogP contribution in [0.1, 0.15) is 28.5 Å². The van der Waals surface area contributed by atoms with Crippen molar-refractivity contribution in [3.63, 3.8) is 0 Å². The number of rotatable bonds is 4. The van der Waals surface area contributed by atoms with E-state index in [9.17, 15) is 13.2 Å². The predicted molar refractivity (Wildman–Crippen MR) is 70.4 cm³/mol. The maximum absolute atomic E-state index is 12.7. The van der Waals surface area contributed by atoms with Crippen molar-refractivity contribution in [1.29, 1.82) is 0 Å². The van der Waals surface area contributed by atoms with Crippen LogP contribution in [0.2, 0.25) is 0 Å². The van der Waals surface area contributed by atoms with Crippen molar-refractivity contribution in [2.45, 2.75) is 25.6 Å². The summed E-state index contributed by atoms with van der Waals surface area (Å²) in [6.45, 7) is 1.83. The first-order valence-electron chi connectivity index (χ1n) is 6.28. The van der Waals surface area contributed by atoms with Gasteiger partial charge in [-0.3, -0.25) is 0 Å². The van der Waals surface area contributed by atoms with Gasteiger partial charge in [-0.25, -0.2) is 0 Å². The summed E-state index contributed by atoms with van der Waals surface area (Å²) in [6.07, 6.45) is -2.21. The lowest BCUT2D eigenvalue weighted by Gasteiger charge is -2.15. The molecule has 1 aromatic heterocycles. The maximum Gasteiger partial charge on any atom is 0.416 e. The second kappa shape index (κ2) is 5.71. The van der Waals surface area contributed by atoms with E-state index in [1.165, 1.54) is 12.1 Å². The highest BCUT2D eigenvalue weighted by molar-refractivity contribution is 5.28. The van der Waals surface area contributed by atoms with E-state index in [-0.39, 0.29) is 6.04 Å². The molecule has 0 amide bonds. The fourth-order valence-corrected chi connectivity index (χ4v) is 2.14. The number of benzene rings is 1. The number of alkyl halides is 3. The van der Waals surface area contributed by atoms with Gasteiger partial charge in [-0.1, -0.05) is 18.2 Å². The smallest absolute Gasteiger partial charge is 0.416 e. The van der Waals surface area contributed by atoms with Crippen LogP contribution < -0.4 is 5.32 Å². The number of hydrogen-bond acceptors (Lipinski definition) is 2. The summed E-state index contributed by atoms with van der Waals surface area (Å²) in [5.41, 5.74) is 0.952. The number of hydrogen-bond donors (Lipinski definition) is 1. The summed E-state index contributed by atoms with van der Waals surface area (Å²) < 4.78 is 43.3. The zero-order valence-corrected chi connectivity index (χ0v) is 11.3. The molecule has 20 heavy (non-hydrogen) atoms. The first-order chi connectivity index (χ1) is 9.40. The van der Waals surface area contributed by atoms with Crippen molar-refractivity contribution < 1.29 is 17.6 Å². The van der Waals surface area contributed by atoms with E-state index in [0.717, 1.165) is 17.4 Å². The number of halogens is 3. The second-order valence-electron chi connectivity index (χ2n) is 4.73. The molecule has 2 aromatic rings. The summed E-state index contributed by atoms with van der Waals surface area (Å²) in [7, 11) is 1.78. The van der Waals surface area contributed by atoms with E-state index < -0.39 is 11.7 Å². The van der Waals surface area contributed by atoms with Gasteiger partial charge in [-0.05, 0) is 38.1 Å². The largest absolute Gasteiger partial charge is 0.469 e. The van der Waals surface area contributed by atoms with Crippen molar-refractivity contribution in [3.8, 4) is 0 Å². The first kappa shape index (κ1) is 14.7. The van der Waals surface area contributed by atoms with Crippen LogP contribution in [0.15, 0.2) is 41.0 Å². The molecule has 1 aromatic carbocycles. The molecule has 0 aliphatic carbocycles. The molecule has 5 heteroatoms. The van der Waals surface area contributed by atoms with Crippen LogP contribution in [-0.2, 0) is 12.6 Å². The Morgan fingerprint density at radius 3 is 2.55 bits per heavy atom. The lowest BCUT2D eigenvalue weighted by molar-refractivity contribution is -0.137. The monoisotopic (exact) mass is 283 g/mol. The summed E-state index contributed by atoms with van der Waals surface area (Å²) in [6, 6.07) is 7.22. The molecule has 2 nitrogen and oxygen atoms in total. The molecule has 0 spiro atoms. The van der Waals surface area contributed by atoms with Gasteiger partial charge < -0.3 is 9.73 Å². The van der Waals surface area contributed by atoms with Crippen LogP contribution in [0.5, 0.6) is 0 Å². The van der Waals surface area contributed by atoms with Crippen LogP contribution in [0, 0.1) is 6.92 Å². The van der Waals surface area contributed by atoms with E-state index in [0.29, 0.717) is 12.0 Å². The van der Waals surface area contributed by atoms with Crippen LogP contribution in [0.3, 0.4) is 0 Å². The van der Waals surface area contributed by atoms with Gasteiger partial charge in [0.05, 0.1) is 11.8 Å². The molecule has 0 saturated carbocycles. The zero-order chi connectivity index (χ0) is 14.8. The Labute approximate surface area is 115 Å². The molecule has 0 radical (unpaired) electrons. The molecule has 0 saturated heterocycles. The van der Waals surface area contributed by atoms with Gasteiger partial charge >= 0.3 is 6.18 Å². The van der Waals surface area contributed by atoms with Gasteiger partial charge in [-0.15, -0.1) is 0 Å². The quantitative estimate of drug-likeness (QED) is 0.913. The van der Waals surface area contributed by atoms with Crippen molar-refractivity contribution in [2.24, 2.45) is 0 Å². The average molecular weight is 283 g/mol. The van der Waals surface area contributed by atoms with Gasteiger partial charge in [0.2, 0.25) is 0 Å². The number of nitrogens with one attached hydrogen (secondary N) is 1. The SMILES string of the molecule is CNC(Cc1cccc(C(F)(F)F)c1)c1coc(C)c1. The fourth-order valence-electron chi connectivity index (χ4n) is 2.14. The van der Waals surface area contributed by atoms with E-state index >= 15 is 0 Å². The highest BCUT2D eigenvalue weighted by atomic mass is 19.4. The fraction of sp³-hybridized carbons (Fsp3) is 0.333. The zero-order valence-electron chi connectivity index (χ0n) is 11.3. The Balaban J connectivity index is 2.20. The summed E-state index contributed by atoms with van der Waals surface area (Å²) >= 11 is 0. The van der Waals surface area contributed by atoms with E-state index in [1.807, 2.05) is 13.0 Å². The summed E-state index contributed by atoms with van der Waals surface area (Å²) in [4.78, 5) is 0. The molecule has 2 rings (SSSR count). The lowest BCUT2D eigenvalue weighted by Crippen LogP contribution is -2.18. The molecule has 0 fully saturated rings. The minimum absolute atomic E-state index is 0.0732. The molecule has 0 aliphatic heterocycles. The Bertz CT molecular complexity index is 574. The Hall–Kier alpha value is -1.75. The predicted octanol–water partition coefficient (Wildman–Crippen LogP) is 4.11. The van der Waals surface area contributed by atoms with E-state index in [4.69, 9.17) is 4.42 Å². The Morgan fingerprint density at radius 1 is 1.25 bits per heavy atom. The topological polar surface area (TPSA) is 25.2 Å². The van der Waals surface area contributed by atoms with Crippen LogP contribution in [-0.4, -0.2) is 7.05 Å². The molecule has 1 heterocycles. The highest BCUT2D eigenvalue weighted by Gasteiger charge is 2.30. The Morgan fingerprint density at radius 2 is 2.00 bits per heavy atom. The van der Waals surface area contributed by atoms with Crippen molar-refractivity contribution in [1.82, 2.24) is 5.32 Å². The van der Waals surface area contributed by atoms with Gasteiger partial charge in [0.1, 0.15) is 5.76 Å². The standard InChI is InChI=1S/C15H16F3NO/c1-10-6-12(9-20-10)14(19-2)8-11-4-3-5-13(7-11)15(16,17)18/h3-7,9,14,19H,8H2,1-2H3. The molecule has 108 valence electrons. The summed E-state index contributed by atoms with van der Waals surface area (Å²) in [5.74, 6) is 0.782. The minimum Gasteiger partial charge on any atom is -0.469 e. The minimum atomic E-state index is -4.31. The Kier molecular flexibility index (Phi) is 4.18. The normalized spacial score (nSPS) is 13.4. The van der Waals surface area contributed by atoms with Crippen molar-refractivity contribution in [2.75, 3.05) is 7.05 Å². The summed E-state index contributed by atoms with van der Waals surface area (Å²) in [5, 5.41) is 3.10. The van der Waals surface area contributed by atoms with Crippen LogP contribution in [0.4, 0.5) is 13.2 Å². The van der Waals surface area contributed by atoms with E-state index in [2.05, 4.69) is 5.32 Å². The number of aryl methyl sites for hydroxylation is 1. The highest BCUT2D eigenvalue weighted by Crippen LogP contribution is 2.30. The van der Waals surface area contributed by atoms with Crippen molar-refractivity contribution in [3.05, 3.63) is 59.0 Å². The molecule has 1 atom stereocenters. The van der Waals surface area contributed by atoms with Gasteiger partial charge in [-0.2, -0.15) is 13.2 Å². The third-order valence-electron chi connectivity index (χ3n) is 3.20. The maximum atomic E-state index is 12.7. The molecule has 1 unspecified atom stereocenters. The van der Waals surface area contributed by atoms with Crippen LogP contribution >= 0.6 is 0 Å². The lowest BCUT2D eigenvalue weighted by atomic mass is 9.99. The first-order valence-corrected chi connectivity index (χ1v) is 6.28. The molecule has 0 aliphatic rings. The molecule has 1 N–H and O–H groups in total. The van der Waals surface area contributed by atoms with E-state index in [1.54, 1.807) is 19.4 Å². The van der Waals surface area contributed by atoms with Crippen molar-refractivity contribution >= 4 is 0 Å². The van der Waals surface area contributed by atoms with Crippen LogP contribution in [0.25, 0.3) is 0 Å². The van der Waals surface area contributed by atoms with Gasteiger partial charge in [0, 0.05) is 11.6 Å². The third-order valence-corrected chi connectivity index (χ3v) is 3.20. The number of furan rings is 1. The molecular weight excluding hydrogens is 267 g/mol. The third kappa shape index (κ3) is 3.42. The van der Waals surface area contributed by atoms with Gasteiger partial charge in [0.15, 0.2) is 0 Å². The second-order valence-corrected chi connectivity index (χ2v) is 4.73. The number of likely N-dealkylation sites (N-methyl/N-ethyl adjacent to an activating group) is 1. The molecule has 0 bridgehead atoms.